The van der Waals surface area contributed by atoms with E-state index in [0.717, 1.165) is 11.1 Å². The molecular weight excluding hydrogens is 523 g/mol. The minimum atomic E-state index is -4.02. The van der Waals surface area contributed by atoms with Crippen molar-refractivity contribution in [1.82, 2.24) is 9.21 Å². The summed E-state index contributed by atoms with van der Waals surface area (Å²) < 4.78 is 54.6. The Balaban J connectivity index is 1.74. The number of benzene rings is 3. The van der Waals surface area contributed by atoms with Gasteiger partial charge in [0.05, 0.1) is 25.8 Å². The fourth-order valence-corrected chi connectivity index (χ4v) is 6.43. The van der Waals surface area contributed by atoms with Gasteiger partial charge >= 0.3 is 0 Å². The Labute approximate surface area is 228 Å². The molecule has 208 valence electrons. The lowest BCUT2D eigenvalue weighted by molar-refractivity contribution is 0.0560. The molecule has 8 nitrogen and oxygen atoms in total. The van der Waals surface area contributed by atoms with Gasteiger partial charge in [0.15, 0.2) is 0 Å². The van der Waals surface area contributed by atoms with Gasteiger partial charge in [0.1, 0.15) is 28.3 Å². The summed E-state index contributed by atoms with van der Waals surface area (Å²) in [6, 6.07) is 17.3. The number of ether oxygens (including phenoxy) is 2. The smallest absolute Gasteiger partial charge is 0.256 e. The van der Waals surface area contributed by atoms with E-state index in [9.17, 15) is 22.7 Å². The van der Waals surface area contributed by atoms with Gasteiger partial charge in [0, 0.05) is 25.6 Å². The van der Waals surface area contributed by atoms with Crippen LogP contribution in [0.5, 0.6) is 11.5 Å². The van der Waals surface area contributed by atoms with Crippen LogP contribution in [0.15, 0.2) is 71.6 Å². The van der Waals surface area contributed by atoms with Gasteiger partial charge in [-0.1, -0.05) is 37.3 Å². The third-order valence-electron chi connectivity index (χ3n) is 7.00. The van der Waals surface area contributed by atoms with Gasteiger partial charge < -0.3 is 19.5 Å². The predicted octanol–water partition coefficient (Wildman–Crippen LogP) is 4.04. The molecule has 0 spiro atoms. The van der Waals surface area contributed by atoms with Crippen molar-refractivity contribution in [2.45, 2.75) is 30.9 Å². The number of carbonyl (C=O) groups is 1. The molecule has 1 N–H and O–H groups in total. The van der Waals surface area contributed by atoms with E-state index in [1.807, 2.05) is 31.2 Å². The summed E-state index contributed by atoms with van der Waals surface area (Å²) in [4.78, 5) is 14.4. The average Bonchev–Trinajstić information content (AvgIpc) is 2.94. The first kappa shape index (κ1) is 28.5. The zero-order valence-corrected chi connectivity index (χ0v) is 23.2. The van der Waals surface area contributed by atoms with Crippen LogP contribution in [0.1, 0.15) is 24.2 Å². The Morgan fingerprint density at radius 3 is 2.46 bits per heavy atom. The molecular formula is C29H33FN2O6S. The molecule has 3 aromatic carbocycles. The number of hydrogen-bond donors (Lipinski definition) is 1. The van der Waals surface area contributed by atoms with Crippen LogP contribution in [0.25, 0.3) is 11.1 Å². The van der Waals surface area contributed by atoms with Gasteiger partial charge in [-0.15, -0.1) is 0 Å². The molecule has 0 fully saturated rings. The van der Waals surface area contributed by atoms with Crippen LogP contribution in [-0.2, 0) is 10.0 Å². The highest BCUT2D eigenvalue weighted by atomic mass is 32.2. The van der Waals surface area contributed by atoms with Crippen molar-refractivity contribution in [2.75, 3.05) is 33.9 Å². The Kier molecular flexibility index (Phi) is 8.58. The topological polar surface area (TPSA) is 96.4 Å². The minimum absolute atomic E-state index is 0.0277. The molecule has 0 aliphatic carbocycles. The molecule has 1 aliphatic heterocycles. The number of nitrogens with zero attached hydrogens (tertiary/aromatic N) is 2. The first-order valence-electron chi connectivity index (χ1n) is 12.6. The van der Waals surface area contributed by atoms with Crippen LogP contribution < -0.4 is 9.47 Å². The molecule has 10 heteroatoms. The number of hydrogen-bond acceptors (Lipinski definition) is 6. The molecule has 0 unspecified atom stereocenters. The number of amides is 1. The molecule has 0 saturated heterocycles. The quantitative estimate of drug-likeness (QED) is 0.472. The number of aliphatic hydroxyl groups is 1. The number of sulfonamides is 1. The van der Waals surface area contributed by atoms with Crippen molar-refractivity contribution in [1.29, 1.82) is 0 Å². The third kappa shape index (κ3) is 5.93. The van der Waals surface area contributed by atoms with Crippen molar-refractivity contribution in [3.05, 3.63) is 78.1 Å². The molecule has 3 aromatic rings. The zero-order valence-electron chi connectivity index (χ0n) is 22.4. The number of rotatable bonds is 7. The number of fused-ring (bicyclic) bond motifs is 1. The predicted molar refractivity (Wildman–Crippen MR) is 146 cm³/mol. The maximum atomic E-state index is 14.3. The average molecular weight is 557 g/mol. The Hall–Kier alpha value is -3.47. The highest BCUT2D eigenvalue weighted by Crippen LogP contribution is 2.37. The first-order chi connectivity index (χ1) is 18.6. The Morgan fingerprint density at radius 1 is 1.15 bits per heavy atom. The second-order valence-corrected chi connectivity index (χ2v) is 11.7. The zero-order chi connectivity index (χ0) is 28.3. The van der Waals surface area contributed by atoms with Gasteiger partial charge in [-0.05, 0) is 54.4 Å². The molecule has 0 aromatic heterocycles. The fourth-order valence-electron chi connectivity index (χ4n) is 4.60. The summed E-state index contributed by atoms with van der Waals surface area (Å²) in [7, 11) is -0.880. The molecule has 39 heavy (non-hydrogen) atoms. The highest BCUT2D eigenvalue weighted by Gasteiger charge is 2.38. The van der Waals surface area contributed by atoms with Crippen LogP contribution in [0.2, 0.25) is 0 Å². The van der Waals surface area contributed by atoms with E-state index in [0.29, 0.717) is 5.75 Å². The van der Waals surface area contributed by atoms with Crippen LogP contribution in [0.3, 0.4) is 0 Å². The van der Waals surface area contributed by atoms with Crippen LogP contribution in [0.4, 0.5) is 4.39 Å². The summed E-state index contributed by atoms with van der Waals surface area (Å²) in [6.45, 7) is 3.26. The van der Waals surface area contributed by atoms with E-state index >= 15 is 0 Å². The standard InChI is InChI=1S/C29H33FN2O6S/c1-19-16-32(20(2)18-33)39(35,36)28-14-11-22(21-9-12-23(37-4)13-10-21)15-26(28)38-27(19)17-31(3)29(34)24-7-5-6-8-25(24)30/h5-15,19-20,27,33H,16-18H2,1-4H3/t19-,20+,27+/m1/s1. The number of halogens is 1. The Morgan fingerprint density at radius 2 is 1.82 bits per heavy atom. The van der Waals surface area contributed by atoms with Crippen LogP contribution >= 0.6 is 0 Å². The molecule has 1 heterocycles. The van der Waals surface area contributed by atoms with Crippen LogP contribution in [0, 0.1) is 11.7 Å². The molecule has 3 atom stereocenters. The molecule has 0 bridgehead atoms. The van der Waals surface area contributed by atoms with E-state index in [2.05, 4.69) is 0 Å². The SMILES string of the molecule is COc1ccc(-c2ccc3c(c2)O[C@@H](CN(C)C(=O)c2ccccc2F)[C@H](C)CN([C@@H](C)CO)S3(=O)=O)cc1. The van der Waals surface area contributed by atoms with Gasteiger partial charge in [0.25, 0.3) is 5.91 Å². The molecule has 0 radical (unpaired) electrons. The van der Waals surface area contributed by atoms with Gasteiger partial charge in [-0.25, -0.2) is 12.8 Å². The summed E-state index contributed by atoms with van der Waals surface area (Å²) in [5.74, 6) is -0.672. The fraction of sp³-hybridized carbons (Fsp3) is 0.345. The van der Waals surface area contributed by atoms with Gasteiger partial charge in [-0.3, -0.25) is 4.79 Å². The van der Waals surface area contributed by atoms with E-state index in [1.165, 1.54) is 33.5 Å². The second-order valence-electron chi connectivity index (χ2n) is 9.80. The van der Waals surface area contributed by atoms with Crippen molar-refractivity contribution in [2.24, 2.45) is 5.92 Å². The van der Waals surface area contributed by atoms with Crippen molar-refractivity contribution >= 4 is 15.9 Å². The minimum Gasteiger partial charge on any atom is -0.497 e. The number of methoxy groups -OCH3 is 1. The van der Waals surface area contributed by atoms with Gasteiger partial charge in [0.2, 0.25) is 10.0 Å². The van der Waals surface area contributed by atoms with E-state index in [-0.39, 0.29) is 41.8 Å². The molecule has 4 rings (SSSR count). The third-order valence-corrected chi connectivity index (χ3v) is 9.01. The van der Waals surface area contributed by atoms with Crippen molar-refractivity contribution < 1.29 is 32.2 Å². The normalized spacial score (nSPS) is 19.6. The summed E-state index contributed by atoms with van der Waals surface area (Å²) in [5.41, 5.74) is 1.51. The van der Waals surface area contributed by atoms with E-state index in [4.69, 9.17) is 9.47 Å². The monoisotopic (exact) mass is 556 g/mol. The second kappa shape index (κ2) is 11.7. The lowest BCUT2D eigenvalue weighted by atomic mass is 10.0. The summed E-state index contributed by atoms with van der Waals surface area (Å²) >= 11 is 0. The lowest BCUT2D eigenvalue weighted by Crippen LogP contribution is -2.50. The maximum Gasteiger partial charge on any atom is 0.256 e. The number of likely N-dealkylation sites (N-methyl/N-ethyl adjacent to an activating group) is 1. The molecule has 1 aliphatic rings. The number of carbonyl (C=O) groups excluding carboxylic acids is 1. The Bertz CT molecular complexity index is 1430. The van der Waals surface area contributed by atoms with E-state index in [1.54, 1.807) is 39.3 Å². The molecule has 1 amide bonds. The van der Waals surface area contributed by atoms with Gasteiger partial charge in [-0.2, -0.15) is 4.31 Å². The highest BCUT2D eigenvalue weighted by molar-refractivity contribution is 7.89. The largest absolute Gasteiger partial charge is 0.497 e. The first-order valence-corrected chi connectivity index (χ1v) is 14.1. The summed E-state index contributed by atoms with van der Waals surface area (Å²) in [5, 5.41) is 9.85. The summed E-state index contributed by atoms with van der Waals surface area (Å²) in [6.07, 6.45) is -0.625. The lowest BCUT2D eigenvalue weighted by Gasteiger charge is -2.37. The van der Waals surface area contributed by atoms with Crippen LogP contribution in [-0.4, -0.2) is 74.6 Å². The number of aliphatic hydroxyl groups excluding tert-OH is 1. The maximum absolute atomic E-state index is 14.3. The molecule has 0 saturated carbocycles. The van der Waals surface area contributed by atoms with Crippen molar-refractivity contribution in [3.8, 4) is 22.6 Å². The van der Waals surface area contributed by atoms with E-state index < -0.39 is 33.9 Å². The van der Waals surface area contributed by atoms with Crippen molar-refractivity contribution in [3.63, 3.8) is 0 Å².